The maximum absolute atomic E-state index is 12.3. The predicted molar refractivity (Wildman–Crippen MR) is 101 cm³/mol. The minimum absolute atomic E-state index is 0.0286. The van der Waals surface area contributed by atoms with E-state index >= 15 is 0 Å². The zero-order valence-corrected chi connectivity index (χ0v) is 15.4. The van der Waals surface area contributed by atoms with E-state index in [0.717, 1.165) is 0 Å². The number of anilines is 1. The van der Waals surface area contributed by atoms with Gasteiger partial charge >= 0.3 is 5.97 Å². The van der Waals surface area contributed by atoms with E-state index in [1.54, 1.807) is 36.4 Å². The lowest BCUT2D eigenvalue weighted by molar-refractivity contribution is -0.123. The molecule has 0 saturated carbocycles. The molecule has 7 nitrogen and oxygen atoms in total. The van der Waals surface area contributed by atoms with E-state index < -0.39 is 18.0 Å². The number of nitrogens with one attached hydrogen (secondary N) is 1. The van der Waals surface area contributed by atoms with Crippen molar-refractivity contribution in [2.75, 3.05) is 12.4 Å². The molecule has 27 heavy (non-hydrogen) atoms. The maximum atomic E-state index is 12.3. The van der Waals surface area contributed by atoms with Gasteiger partial charge in [-0.1, -0.05) is 23.7 Å². The Labute approximate surface area is 160 Å². The van der Waals surface area contributed by atoms with Gasteiger partial charge in [-0.3, -0.25) is 9.78 Å². The molecule has 0 saturated heterocycles. The van der Waals surface area contributed by atoms with Crippen LogP contribution < -0.4 is 10.1 Å². The van der Waals surface area contributed by atoms with Gasteiger partial charge in [-0.05, 0) is 37.3 Å². The molecular formula is C19H16ClN3O4. The molecule has 1 amide bonds. The Balaban J connectivity index is 1.66. The fourth-order valence-corrected chi connectivity index (χ4v) is 2.58. The molecule has 0 aliphatic carbocycles. The second kappa shape index (κ2) is 8.01. The first-order valence-electron chi connectivity index (χ1n) is 8.05. The summed E-state index contributed by atoms with van der Waals surface area (Å²) in [4.78, 5) is 32.9. The van der Waals surface area contributed by atoms with Crippen LogP contribution in [-0.4, -0.2) is 35.1 Å². The SMILES string of the molecule is COc1ccc(NC(=O)C(C)OC(=O)c2cnc3ccccc3n2)cc1Cl. The van der Waals surface area contributed by atoms with Gasteiger partial charge in [0.25, 0.3) is 5.91 Å². The van der Waals surface area contributed by atoms with Crippen LogP contribution in [0.2, 0.25) is 5.02 Å². The third-order valence-corrected chi connectivity index (χ3v) is 4.03. The smallest absolute Gasteiger partial charge is 0.359 e. The van der Waals surface area contributed by atoms with Gasteiger partial charge in [-0.15, -0.1) is 0 Å². The van der Waals surface area contributed by atoms with Gasteiger partial charge in [0.05, 0.1) is 29.4 Å². The summed E-state index contributed by atoms with van der Waals surface area (Å²) in [5, 5.41) is 2.98. The highest BCUT2D eigenvalue weighted by Crippen LogP contribution is 2.27. The average Bonchev–Trinajstić information content (AvgIpc) is 2.67. The van der Waals surface area contributed by atoms with Gasteiger partial charge in [0.1, 0.15) is 5.75 Å². The van der Waals surface area contributed by atoms with E-state index in [-0.39, 0.29) is 5.69 Å². The first-order valence-corrected chi connectivity index (χ1v) is 8.43. The van der Waals surface area contributed by atoms with Crippen LogP contribution in [-0.2, 0) is 9.53 Å². The molecule has 2 aromatic carbocycles. The quantitative estimate of drug-likeness (QED) is 0.676. The van der Waals surface area contributed by atoms with Crippen LogP contribution >= 0.6 is 11.6 Å². The molecule has 1 N–H and O–H groups in total. The van der Waals surface area contributed by atoms with Crippen molar-refractivity contribution in [1.29, 1.82) is 0 Å². The highest BCUT2D eigenvalue weighted by molar-refractivity contribution is 6.32. The van der Waals surface area contributed by atoms with E-state index in [2.05, 4.69) is 15.3 Å². The lowest BCUT2D eigenvalue weighted by atomic mass is 10.2. The van der Waals surface area contributed by atoms with Crippen LogP contribution in [0.3, 0.4) is 0 Å². The van der Waals surface area contributed by atoms with Crippen LogP contribution in [0.4, 0.5) is 5.69 Å². The standard InChI is InChI=1S/C19H16ClN3O4/c1-11(18(24)22-12-7-8-17(26-2)13(20)9-12)27-19(25)16-10-21-14-5-3-4-6-15(14)23-16/h3-11H,1-2H3,(H,22,24). The number of carbonyl (C=O) groups is 2. The van der Waals surface area contributed by atoms with Crippen molar-refractivity contribution in [2.24, 2.45) is 0 Å². The molecule has 1 unspecified atom stereocenters. The topological polar surface area (TPSA) is 90.4 Å². The van der Waals surface area contributed by atoms with Crippen LogP contribution in [0.1, 0.15) is 17.4 Å². The van der Waals surface area contributed by atoms with Crippen LogP contribution in [0, 0.1) is 0 Å². The number of carbonyl (C=O) groups excluding carboxylic acids is 2. The van der Waals surface area contributed by atoms with Gasteiger partial charge in [0, 0.05) is 5.69 Å². The lowest BCUT2D eigenvalue weighted by Gasteiger charge is -2.14. The third kappa shape index (κ3) is 4.32. The largest absolute Gasteiger partial charge is 0.495 e. The Kier molecular flexibility index (Phi) is 5.52. The fourth-order valence-electron chi connectivity index (χ4n) is 2.32. The second-order valence-corrected chi connectivity index (χ2v) is 6.04. The third-order valence-electron chi connectivity index (χ3n) is 3.73. The predicted octanol–water partition coefficient (Wildman–Crippen LogP) is 3.48. The molecule has 8 heteroatoms. The normalized spacial score (nSPS) is 11.7. The number of benzene rings is 2. The van der Waals surface area contributed by atoms with Crippen molar-refractivity contribution in [3.05, 3.63) is 59.4 Å². The molecule has 0 fully saturated rings. The van der Waals surface area contributed by atoms with Gasteiger partial charge < -0.3 is 14.8 Å². The minimum atomic E-state index is -1.04. The Morgan fingerprint density at radius 3 is 2.59 bits per heavy atom. The van der Waals surface area contributed by atoms with Crippen molar-refractivity contribution < 1.29 is 19.1 Å². The Morgan fingerprint density at radius 1 is 1.15 bits per heavy atom. The molecule has 1 atom stereocenters. The van der Waals surface area contributed by atoms with Gasteiger partial charge in [-0.25, -0.2) is 9.78 Å². The Bertz CT molecular complexity index is 1010. The highest BCUT2D eigenvalue weighted by atomic mass is 35.5. The highest BCUT2D eigenvalue weighted by Gasteiger charge is 2.20. The molecule has 1 heterocycles. The van der Waals surface area contributed by atoms with Gasteiger partial charge in [0.15, 0.2) is 11.8 Å². The number of hydrogen-bond donors (Lipinski definition) is 1. The van der Waals surface area contributed by atoms with Crippen LogP contribution in [0.25, 0.3) is 11.0 Å². The number of rotatable bonds is 5. The number of esters is 1. The van der Waals surface area contributed by atoms with Gasteiger partial charge in [-0.2, -0.15) is 0 Å². The molecule has 0 bridgehead atoms. The number of ether oxygens (including phenoxy) is 2. The average molecular weight is 386 g/mol. The molecule has 0 spiro atoms. The number of fused-ring (bicyclic) bond motifs is 1. The number of aromatic nitrogens is 2. The van der Waals surface area contributed by atoms with Gasteiger partial charge in [0.2, 0.25) is 0 Å². The minimum Gasteiger partial charge on any atom is -0.495 e. The molecule has 138 valence electrons. The van der Waals surface area contributed by atoms with E-state index in [0.29, 0.717) is 27.5 Å². The van der Waals surface area contributed by atoms with Crippen LogP contribution in [0.5, 0.6) is 5.75 Å². The molecule has 0 aliphatic rings. The first-order chi connectivity index (χ1) is 13.0. The Hall–Kier alpha value is -3.19. The number of methoxy groups -OCH3 is 1. The second-order valence-electron chi connectivity index (χ2n) is 5.63. The maximum Gasteiger partial charge on any atom is 0.359 e. The number of halogens is 1. The van der Waals surface area contributed by atoms with Crippen molar-refractivity contribution in [3.63, 3.8) is 0 Å². The molecule has 3 rings (SSSR count). The molecule has 0 aliphatic heterocycles. The van der Waals surface area contributed by atoms with E-state index in [4.69, 9.17) is 21.1 Å². The summed E-state index contributed by atoms with van der Waals surface area (Å²) in [6, 6.07) is 11.9. The van der Waals surface area contributed by atoms with E-state index in [1.165, 1.54) is 20.2 Å². The summed E-state index contributed by atoms with van der Waals surface area (Å²) < 4.78 is 10.2. The molecule has 1 aromatic heterocycles. The number of hydrogen-bond acceptors (Lipinski definition) is 6. The summed E-state index contributed by atoms with van der Waals surface area (Å²) in [6.45, 7) is 1.47. The van der Waals surface area contributed by atoms with E-state index in [1.807, 2.05) is 6.07 Å². The Morgan fingerprint density at radius 2 is 1.89 bits per heavy atom. The summed E-state index contributed by atoms with van der Waals surface area (Å²) in [7, 11) is 1.50. The summed E-state index contributed by atoms with van der Waals surface area (Å²) in [5.41, 5.74) is 1.72. The van der Waals surface area contributed by atoms with Crippen molar-refractivity contribution in [2.45, 2.75) is 13.0 Å². The monoisotopic (exact) mass is 385 g/mol. The zero-order chi connectivity index (χ0) is 19.4. The number of nitrogens with zero attached hydrogens (tertiary/aromatic N) is 2. The summed E-state index contributed by atoms with van der Waals surface area (Å²) in [6.07, 6.45) is 0.282. The van der Waals surface area contributed by atoms with Crippen molar-refractivity contribution in [3.8, 4) is 5.75 Å². The van der Waals surface area contributed by atoms with Crippen molar-refractivity contribution in [1.82, 2.24) is 9.97 Å². The fraction of sp³-hybridized carbons (Fsp3) is 0.158. The van der Waals surface area contributed by atoms with E-state index in [9.17, 15) is 9.59 Å². The number of para-hydroxylation sites is 2. The van der Waals surface area contributed by atoms with Crippen molar-refractivity contribution >= 4 is 40.2 Å². The summed E-state index contributed by atoms with van der Waals surface area (Å²) in [5.74, 6) is -0.744. The number of amides is 1. The lowest BCUT2D eigenvalue weighted by Crippen LogP contribution is -2.30. The molecular weight excluding hydrogens is 370 g/mol. The van der Waals surface area contributed by atoms with Crippen LogP contribution in [0.15, 0.2) is 48.7 Å². The summed E-state index contributed by atoms with van der Waals surface area (Å²) >= 11 is 6.03. The molecule has 3 aromatic rings. The molecule has 0 radical (unpaired) electrons. The zero-order valence-electron chi connectivity index (χ0n) is 14.6. The first kappa shape index (κ1) is 18.6.